The third-order valence-electron chi connectivity index (χ3n) is 4.49. The number of carbonyl (C=O) groups excluding carboxylic acids is 1. The Balaban J connectivity index is 1.47. The molecular weight excluding hydrogens is 372 g/mol. The Labute approximate surface area is 164 Å². The molecule has 138 valence electrons. The van der Waals surface area contributed by atoms with Gasteiger partial charge in [-0.3, -0.25) is 9.78 Å². The maximum atomic E-state index is 10.9. The molecule has 1 saturated carbocycles. The van der Waals surface area contributed by atoms with Gasteiger partial charge in [0.1, 0.15) is 5.82 Å². The van der Waals surface area contributed by atoms with Crippen LogP contribution < -0.4 is 10.6 Å². The summed E-state index contributed by atoms with van der Waals surface area (Å²) in [5.41, 5.74) is 3.69. The zero-order valence-electron chi connectivity index (χ0n) is 14.8. The van der Waals surface area contributed by atoms with Crippen molar-refractivity contribution in [3.8, 4) is 10.6 Å². The Hall–Kier alpha value is -3.39. The summed E-state index contributed by atoms with van der Waals surface area (Å²) < 4.78 is 0. The first kappa shape index (κ1) is 16.8. The standard InChI is InChI=1S/C20H16N6OS/c27-11-19-25-26-20(28-19)15-10-22-18(9-17(15)23-13-3-4-13)24-14-5-6-16-12(8-14)2-1-7-21-16/h1-2,5-11,13H,3-4H2,(H2,22,23,24). The van der Waals surface area contributed by atoms with Crippen LogP contribution in [0, 0.1) is 0 Å². The van der Waals surface area contributed by atoms with Crippen molar-refractivity contribution in [3.05, 3.63) is 53.8 Å². The fraction of sp³-hybridized carbons (Fsp3) is 0.150. The highest BCUT2D eigenvalue weighted by atomic mass is 32.1. The van der Waals surface area contributed by atoms with E-state index in [4.69, 9.17) is 0 Å². The summed E-state index contributed by atoms with van der Waals surface area (Å²) in [5.74, 6) is 0.732. The van der Waals surface area contributed by atoms with Crippen LogP contribution in [-0.4, -0.2) is 32.5 Å². The van der Waals surface area contributed by atoms with Gasteiger partial charge in [-0.15, -0.1) is 10.2 Å². The van der Waals surface area contributed by atoms with Crippen LogP contribution in [0.5, 0.6) is 0 Å². The molecule has 0 unspecified atom stereocenters. The van der Waals surface area contributed by atoms with Crippen molar-refractivity contribution in [1.82, 2.24) is 20.2 Å². The van der Waals surface area contributed by atoms with Gasteiger partial charge in [0.2, 0.25) is 0 Å². The number of anilines is 3. The number of aromatic nitrogens is 4. The van der Waals surface area contributed by atoms with E-state index in [0.29, 0.717) is 22.3 Å². The smallest absolute Gasteiger partial charge is 0.180 e. The molecular formula is C20H16N6OS. The van der Waals surface area contributed by atoms with Crippen molar-refractivity contribution in [2.24, 2.45) is 0 Å². The SMILES string of the molecule is O=Cc1nnc(-c2cnc(Nc3ccc4ncccc4c3)cc2NC2CC2)s1. The highest BCUT2D eigenvalue weighted by Gasteiger charge is 2.23. The lowest BCUT2D eigenvalue weighted by Crippen LogP contribution is -2.04. The number of fused-ring (bicyclic) bond motifs is 1. The predicted octanol–water partition coefficient (Wildman–Crippen LogP) is 4.28. The van der Waals surface area contributed by atoms with Crippen molar-refractivity contribution >= 4 is 45.7 Å². The molecule has 3 heterocycles. The van der Waals surface area contributed by atoms with Gasteiger partial charge in [0.25, 0.3) is 0 Å². The minimum Gasteiger partial charge on any atom is -0.382 e. The van der Waals surface area contributed by atoms with Gasteiger partial charge in [-0.1, -0.05) is 17.4 Å². The topological polar surface area (TPSA) is 92.7 Å². The van der Waals surface area contributed by atoms with Crippen molar-refractivity contribution in [3.63, 3.8) is 0 Å². The Morgan fingerprint density at radius 2 is 2.04 bits per heavy atom. The minimum atomic E-state index is 0.361. The molecule has 3 aromatic heterocycles. The monoisotopic (exact) mass is 388 g/mol. The highest BCUT2D eigenvalue weighted by molar-refractivity contribution is 7.16. The van der Waals surface area contributed by atoms with Gasteiger partial charge in [0, 0.05) is 41.3 Å². The zero-order chi connectivity index (χ0) is 18.9. The Kier molecular flexibility index (Phi) is 4.17. The fourth-order valence-corrected chi connectivity index (χ4v) is 3.64. The fourth-order valence-electron chi connectivity index (χ4n) is 2.95. The second-order valence-electron chi connectivity index (χ2n) is 6.63. The van der Waals surface area contributed by atoms with Crippen LogP contribution in [0.4, 0.5) is 17.2 Å². The summed E-state index contributed by atoms with van der Waals surface area (Å²) in [6.45, 7) is 0. The van der Waals surface area contributed by atoms with Gasteiger partial charge < -0.3 is 10.6 Å². The van der Waals surface area contributed by atoms with E-state index in [9.17, 15) is 4.79 Å². The maximum Gasteiger partial charge on any atom is 0.180 e. The summed E-state index contributed by atoms with van der Waals surface area (Å²) >= 11 is 1.26. The number of benzene rings is 1. The second kappa shape index (κ2) is 6.97. The van der Waals surface area contributed by atoms with E-state index >= 15 is 0 Å². The van der Waals surface area contributed by atoms with Gasteiger partial charge in [0.15, 0.2) is 16.3 Å². The first-order valence-electron chi connectivity index (χ1n) is 8.96. The number of nitrogens with one attached hydrogen (secondary N) is 2. The van der Waals surface area contributed by atoms with E-state index in [0.717, 1.165) is 46.5 Å². The minimum absolute atomic E-state index is 0.361. The molecule has 0 spiro atoms. The summed E-state index contributed by atoms with van der Waals surface area (Å²) in [6.07, 6.45) is 6.57. The third-order valence-corrected chi connectivity index (χ3v) is 5.37. The summed E-state index contributed by atoms with van der Waals surface area (Å²) in [4.78, 5) is 19.8. The Bertz CT molecular complexity index is 1170. The number of aldehydes is 1. The van der Waals surface area contributed by atoms with E-state index in [1.165, 1.54) is 11.3 Å². The molecule has 1 aliphatic rings. The quantitative estimate of drug-likeness (QED) is 0.476. The molecule has 0 atom stereocenters. The van der Waals surface area contributed by atoms with Crippen LogP contribution in [0.15, 0.2) is 48.8 Å². The number of hydrogen-bond donors (Lipinski definition) is 2. The molecule has 0 radical (unpaired) electrons. The summed E-state index contributed by atoms with van der Waals surface area (Å²) in [7, 11) is 0. The molecule has 0 saturated heterocycles. The van der Waals surface area contributed by atoms with Crippen LogP contribution in [0.2, 0.25) is 0 Å². The molecule has 4 aromatic rings. The van der Waals surface area contributed by atoms with Gasteiger partial charge in [0.05, 0.1) is 11.1 Å². The van der Waals surface area contributed by atoms with E-state index in [2.05, 4.69) is 30.8 Å². The molecule has 0 aliphatic heterocycles. The molecule has 8 heteroatoms. The largest absolute Gasteiger partial charge is 0.382 e. The first-order valence-corrected chi connectivity index (χ1v) is 9.77. The Morgan fingerprint density at radius 1 is 1.11 bits per heavy atom. The molecule has 1 fully saturated rings. The van der Waals surface area contributed by atoms with E-state index in [-0.39, 0.29) is 0 Å². The van der Waals surface area contributed by atoms with Gasteiger partial charge in [-0.2, -0.15) is 0 Å². The third kappa shape index (κ3) is 3.41. The lowest BCUT2D eigenvalue weighted by molar-refractivity contribution is 0.112. The molecule has 0 bridgehead atoms. The van der Waals surface area contributed by atoms with Gasteiger partial charge >= 0.3 is 0 Å². The zero-order valence-corrected chi connectivity index (χ0v) is 15.6. The molecule has 1 aromatic carbocycles. The molecule has 0 amide bonds. The number of hydrogen-bond acceptors (Lipinski definition) is 8. The normalized spacial score (nSPS) is 13.4. The first-order chi connectivity index (χ1) is 13.8. The van der Waals surface area contributed by atoms with E-state index < -0.39 is 0 Å². The predicted molar refractivity (Wildman–Crippen MR) is 110 cm³/mol. The van der Waals surface area contributed by atoms with Crippen LogP contribution in [-0.2, 0) is 0 Å². The van der Waals surface area contributed by atoms with Crippen LogP contribution in [0.1, 0.15) is 22.6 Å². The van der Waals surface area contributed by atoms with Crippen LogP contribution in [0.25, 0.3) is 21.5 Å². The summed E-state index contributed by atoms with van der Waals surface area (Å²) in [5, 5.41) is 17.0. The molecule has 28 heavy (non-hydrogen) atoms. The van der Waals surface area contributed by atoms with Gasteiger partial charge in [-0.05, 0) is 37.1 Å². The summed E-state index contributed by atoms with van der Waals surface area (Å²) in [6, 6.07) is 12.4. The molecule has 1 aliphatic carbocycles. The Morgan fingerprint density at radius 3 is 2.86 bits per heavy atom. The van der Waals surface area contributed by atoms with Crippen molar-refractivity contribution in [1.29, 1.82) is 0 Å². The maximum absolute atomic E-state index is 10.9. The average Bonchev–Trinajstić information content (AvgIpc) is 3.41. The van der Waals surface area contributed by atoms with E-state index in [1.54, 1.807) is 12.4 Å². The number of pyridine rings is 2. The molecule has 5 rings (SSSR count). The number of carbonyl (C=O) groups is 1. The van der Waals surface area contributed by atoms with Crippen LogP contribution in [0.3, 0.4) is 0 Å². The number of rotatable bonds is 6. The second-order valence-corrected chi connectivity index (χ2v) is 7.64. The lowest BCUT2D eigenvalue weighted by Gasteiger charge is -2.12. The average molecular weight is 388 g/mol. The molecule has 2 N–H and O–H groups in total. The van der Waals surface area contributed by atoms with Crippen molar-refractivity contribution < 1.29 is 4.79 Å². The van der Waals surface area contributed by atoms with Gasteiger partial charge in [-0.25, -0.2) is 4.98 Å². The number of nitrogens with zero attached hydrogens (tertiary/aromatic N) is 4. The lowest BCUT2D eigenvalue weighted by atomic mass is 10.2. The van der Waals surface area contributed by atoms with Crippen molar-refractivity contribution in [2.75, 3.05) is 10.6 Å². The van der Waals surface area contributed by atoms with Crippen LogP contribution >= 0.6 is 11.3 Å². The highest BCUT2D eigenvalue weighted by Crippen LogP contribution is 2.35. The van der Waals surface area contributed by atoms with E-state index in [1.807, 2.05) is 36.4 Å². The molecule has 7 nitrogen and oxygen atoms in total. The van der Waals surface area contributed by atoms with Crippen molar-refractivity contribution in [2.45, 2.75) is 18.9 Å².